The fourth-order valence-corrected chi connectivity index (χ4v) is 5.05. The van der Waals surface area contributed by atoms with E-state index < -0.39 is 11.8 Å². The highest BCUT2D eigenvalue weighted by molar-refractivity contribution is 7.10. The van der Waals surface area contributed by atoms with Gasteiger partial charge in [0.05, 0.1) is 20.3 Å². The molecule has 1 saturated heterocycles. The molecule has 180 valence electrons. The van der Waals surface area contributed by atoms with Gasteiger partial charge in [-0.05, 0) is 49.5 Å². The minimum atomic E-state index is -0.620. The number of amides is 2. The van der Waals surface area contributed by atoms with Crippen molar-refractivity contribution in [3.05, 3.63) is 46.2 Å². The number of nitrogens with one attached hydrogen (secondary N) is 2. The van der Waals surface area contributed by atoms with Crippen LogP contribution in [0.5, 0.6) is 11.5 Å². The highest BCUT2D eigenvalue weighted by atomic mass is 32.1. The number of nitrogens with zero attached hydrogens (tertiary/aromatic N) is 2. The zero-order valence-electron chi connectivity index (χ0n) is 19.8. The van der Waals surface area contributed by atoms with Crippen LogP contribution in [0.25, 0.3) is 0 Å². The highest BCUT2D eigenvalue weighted by Gasteiger charge is 2.31. The normalized spacial score (nSPS) is 16.6. The molecule has 2 heterocycles. The summed E-state index contributed by atoms with van der Waals surface area (Å²) in [5, 5.41) is 7.69. The van der Waals surface area contributed by atoms with Crippen molar-refractivity contribution in [3.63, 3.8) is 0 Å². The molecule has 3 rings (SSSR count). The zero-order valence-corrected chi connectivity index (χ0v) is 20.6. The topological polar surface area (TPSA) is 83.1 Å². The van der Waals surface area contributed by atoms with Crippen LogP contribution >= 0.6 is 11.3 Å². The van der Waals surface area contributed by atoms with Gasteiger partial charge in [0.25, 0.3) is 0 Å². The third-order valence-corrected chi connectivity index (χ3v) is 6.89. The summed E-state index contributed by atoms with van der Waals surface area (Å²) in [5.74, 6) is 0.0619. The molecule has 0 saturated carbocycles. The maximum Gasteiger partial charge on any atom is 0.309 e. The van der Waals surface area contributed by atoms with Crippen molar-refractivity contribution in [2.45, 2.75) is 25.4 Å². The average Bonchev–Trinajstić information content (AvgIpc) is 3.34. The maximum atomic E-state index is 12.6. The van der Waals surface area contributed by atoms with E-state index in [0.29, 0.717) is 24.5 Å². The quantitative estimate of drug-likeness (QED) is 0.541. The molecule has 2 N–H and O–H groups in total. The number of hydrogen-bond donors (Lipinski definition) is 2. The molecule has 2 amide bonds. The molecule has 0 unspecified atom stereocenters. The Morgan fingerprint density at radius 3 is 2.42 bits per heavy atom. The molecule has 2 aromatic rings. The number of thiophene rings is 1. The number of carbonyl (C=O) groups excluding carboxylic acids is 2. The molecule has 1 fully saturated rings. The number of ether oxygens (including phenoxy) is 2. The summed E-state index contributed by atoms with van der Waals surface area (Å²) in [6.45, 7) is 6.15. The van der Waals surface area contributed by atoms with E-state index in [9.17, 15) is 9.59 Å². The summed E-state index contributed by atoms with van der Waals surface area (Å²) >= 11 is 1.68. The molecule has 9 heteroatoms. The predicted octanol–water partition coefficient (Wildman–Crippen LogP) is 1.92. The molecular formula is C24H34N4O4S. The molecule has 2 atom stereocenters. The Labute approximate surface area is 199 Å². The lowest BCUT2D eigenvalue weighted by atomic mass is 10.0. The van der Waals surface area contributed by atoms with Crippen molar-refractivity contribution in [3.8, 4) is 11.5 Å². The van der Waals surface area contributed by atoms with Gasteiger partial charge in [-0.2, -0.15) is 0 Å². The van der Waals surface area contributed by atoms with Gasteiger partial charge in [-0.1, -0.05) is 12.1 Å². The van der Waals surface area contributed by atoms with Gasteiger partial charge in [0.15, 0.2) is 11.5 Å². The summed E-state index contributed by atoms with van der Waals surface area (Å²) in [6, 6.07) is 9.58. The van der Waals surface area contributed by atoms with E-state index in [1.807, 2.05) is 36.6 Å². The predicted molar refractivity (Wildman–Crippen MR) is 130 cm³/mol. The number of hydrogen-bond acceptors (Lipinski definition) is 7. The van der Waals surface area contributed by atoms with Crippen molar-refractivity contribution in [1.29, 1.82) is 0 Å². The molecular weight excluding hydrogens is 440 g/mol. The van der Waals surface area contributed by atoms with E-state index in [1.54, 1.807) is 25.6 Å². The summed E-state index contributed by atoms with van der Waals surface area (Å²) in [5.41, 5.74) is 0.981. The number of likely N-dealkylation sites (N-methyl/N-ethyl adjacent to an activating group) is 1. The minimum Gasteiger partial charge on any atom is -0.493 e. The Kier molecular flexibility index (Phi) is 9.11. The van der Waals surface area contributed by atoms with Crippen LogP contribution in [0.4, 0.5) is 0 Å². The Hall–Kier alpha value is -2.62. The summed E-state index contributed by atoms with van der Waals surface area (Å²) in [7, 11) is 5.29. The van der Waals surface area contributed by atoms with Crippen molar-refractivity contribution in [1.82, 2.24) is 20.4 Å². The second kappa shape index (κ2) is 12.0. The molecule has 1 aliphatic heterocycles. The number of benzene rings is 1. The van der Waals surface area contributed by atoms with E-state index in [1.165, 1.54) is 4.88 Å². The van der Waals surface area contributed by atoms with Gasteiger partial charge in [-0.25, -0.2) is 0 Å². The molecule has 0 radical (unpaired) electrons. The van der Waals surface area contributed by atoms with Gasteiger partial charge in [-0.15, -0.1) is 11.3 Å². The van der Waals surface area contributed by atoms with Gasteiger partial charge in [0, 0.05) is 43.6 Å². The number of rotatable bonds is 9. The minimum absolute atomic E-state index is 0.0437. The van der Waals surface area contributed by atoms with Crippen molar-refractivity contribution < 1.29 is 19.1 Å². The van der Waals surface area contributed by atoms with E-state index in [0.717, 1.165) is 31.7 Å². The van der Waals surface area contributed by atoms with E-state index in [-0.39, 0.29) is 12.1 Å². The largest absolute Gasteiger partial charge is 0.493 e. The molecule has 0 spiro atoms. The standard InChI is InChI=1S/C24H34N4O4S/c1-17(22(21-6-5-15-33-21)28-13-11-27(2)12-14-28)26-24(30)23(29)25-10-9-18-7-8-19(31-3)20(16-18)32-4/h5-8,15-17,22H,9-14H2,1-4H3,(H,25,29)(H,26,30)/t17-,22+/m0/s1. The smallest absolute Gasteiger partial charge is 0.309 e. The third kappa shape index (κ3) is 6.69. The molecule has 1 aliphatic rings. The van der Waals surface area contributed by atoms with E-state index in [2.05, 4.69) is 33.5 Å². The average molecular weight is 475 g/mol. The lowest BCUT2D eigenvalue weighted by Gasteiger charge is -2.40. The van der Waals surface area contributed by atoms with Gasteiger partial charge in [0.1, 0.15) is 0 Å². The SMILES string of the molecule is COc1ccc(CCNC(=O)C(=O)N[C@@H](C)[C@H](c2cccs2)N2CCN(C)CC2)cc1OC. The monoisotopic (exact) mass is 474 g/mol. The number of piperazine rings is 1. The van der Waals surface area contributed by atoms with Gasteiger partial charge < -0.3 is 25.0 Å². The first kappa shape index (κ1) is 25.0. The van der Waals surface area contributed by atoms with Crippen LogP contribution in [0.1, 0.15) is 23.4 Å². The highest BCUT2D eigenvalue weighted by Crippen LogP contribution is 2.29. The molecule has 1 aromatic carbocycles. The Morgan fingerprint density at radius 1 is 1.06 bits per heavy atom. The second-order valence-electron chi connectivity index (χ2n) is 8.26. The Bertz CT molecular complexity index is 913. The van der Waals surface area contributed by atoms with Crippen molar-refractivity contribution in [2.75, 3.05) is 54.0 Å². The third-order valence-electron chi connectivity index (χ3n) is 5.95. The maximum absolute atomic E-state index is 12.6. The van der Waals surface area contributed by atoms with Crippen LogP contribution in [0.15, 0.2) is 35.7 Å². The van der Waals surface area contributed by atoms with Crippen LogP contribution in [0.2, 0.25) is 0 Å². The molecule has 1 aromatic heterocycles. The Morgan fingerprint density at radius 2 is 1.79 bits per heavy atom. The van der Waals surface area contributed by atoms with Crippen LogP contribution in [0, 0.1) is 0 Å². The van der Waals surface area contributed by atoms with E-state index in [4.69, 9.17) is 9.47 Å². The number of methoxy groups -OCH3 is 2. The fourth-order valence-electron chi connectivity index (χ4n) is 4.09. The first-order chi connectivity index (χ1) is 15.9. The first-order valence-electron chi connectivity index (χ1n) is 11.2. The number of carbonyl (C=O) groups is 2. The summed E-state index contributed by atoms with van der Waals surface area (Å²) < 4.78 is 10.6. The summed E-state index contributed by atoms with van der Waals surface area (Å²) in [4.78, 5) is 30.9. The van der Waals surface area contributed by atoms with Gasteiger partial charge in [-0.3, -0.25) is 14.5 Å². The molecule has 8 nitrogen and oxygen atoms in total. The Balaban J connectivity index is 1.54. The van der Waals surface area contributed by atoms with Crippen LogP contribution in [0.3, 0.4) is 0 Å². The van der Waals surface area contributed by atoms with E-state index >= 15 is 0 Å². The first-order valence-corrected chi connectivity index (χ1v) is 12.1. The van der Waals surface area contributed by atoms with Gasteiger partial charge in [0.2, 0.25) is 0 Å². The molecule has 0 bridgehead atoms. The lowest BCUT2D eigenvalue weighted by Crippen LogP contribution is -2.53. The molecule has 0 aliphatic carbocycles. The second-order valence-corrected chi connectivity index (χ2v) is 9.24. The zero-order chi connectivity index (χ0) is 23.8. The van der Waals surface area contributed by atoms with Crippen LogP contribution < -0.4 is 20.1 Å². The van der Waals surface area contributed by atoms with Crippen molar-refractivity contribution in [2.24, 2.45) is 0 Å². The molecule has 33 heavy (non-hydrogen) atoms. The lowest BCUT2D eigenvalue weighted by molar-refractivity contribution is -0.139. The van der Waals surface area contributed by atoms with Crippen molar-refractivity contribution >= 4 is 23.2 Å². The summed E-state index contributed by atoms with van der Waals surface area (Å²) in [6.07, 6.45) is 0.577. The van der Waals surface area contributed by atoms with Gasteiger partial charge >= 0.3 is 11.8 Å². The fraction of sp³-hybridized carbons (Fsp3) is 0.500. The van der Waals surface area contributed by atoms with Crippen LogP contribution in [-0.4, -0.2) is 81.6 Å². The van der Waals surface area contributed by atoms with Crippen LogP contribution in [-0.2, 0) is 16.0 Å².